The molecule has 8 nitrogen and oxygen atoms in total. The van der Waals surface area contributed by atoms with Crippen LogP contribution < -0.4 is 14.4 Å². The number of methoxy groups -OCH3 is 2. The molecule has 166 valence electrons. The highest BCUT2D eigenvalue weighted by Crippen LogP contribution is 2.34. The third-order valence-electron chi connectivity index (χ3n) is 5.73. The Labute approximate surface area is 186 Å². The number of imide groups is 1. The smallest absolute Gasteiger partial charge is 0.261 e. The molecule has 1 aliphatic rings. The number of amides is 2. The Morgan fingerprint density at radius 1 is 0.906 bits per heavy atom. The maximum absolute atomic E-state index is 12.5. The molecule has 0 saturated heterocycles. The first-order valence-electron chi connectivity index (χ1n) is 10.6. The van der Waals surface area contributed by atoms with Crippen LogP contribution in [0.25, 0.3) is 10.9 Å². The van der Waals surface area contributed by atoms with E-state index in [1.165, 1.54) is 4.90 Å². The first-order chi connectivity index (χ1) is 15.5. The van der Waals surface area contributed by atoms with Gasteiger partial charge in [0.05, 0.1) is 30.9 Å². The molecule has 1 aliphatic heterocycles. The summed E-state index contributed by atoms with van der Waals surface area (Å²) in [5.74, 6) is 1.68. The number of ether oxygens (including phenoxy) is 2. The van der Waals surface area contributed by atoms with Gasteiger partial charge in [-0.1, -0.05) is 12.1 Å². The maximum Gasteiger partial charge on any atom is 0.261 e. The van der Waals surface area contributed by atoms with E-state index >= 15 is 0 Å². The second-order valence-corrected chi connectivity index (χ2v) is 7.71. The Balaban J connectivity index is 1.34. The summed E-state index contributed by atoms with van der Waals surface area (Å²) < 4.78 is 10.8. The molecule has 0 unspecified atom stereocenters. The van der Waals surface area contributed by atoms with Crippen molar-refractivity contribution in [3.05, 3.63) is 53.9 Å². The molecule has 4 rings (SSSR count). The summed E-state index contributed by atoms with van der Waals surface area (Å²) in [5, 5.41) is 0.888. The number of rotatable bonds is 9. The maximum atomic E-state index is 12.5. The largest absolute Gasteiger partial charge is 0.493 e. The molecule has 0 spiro atoms. The molecule has 2 heterocycles. The zero-order chi connectivity index (χ0) is 22.7. The number of anilines is 1. The topological polar surface area (TPSA) is 84.9 Å². The molecular formula is C24H26N4O4. The van der Waals surface area contributed by atoms with E-state index in [0.29, 0.717) is 29.2 Å². The van der Waals surface area contributed by atoms with Crippen LogP contribution in [0.2, 0.25) is 0 Å². The number of aromatic nitrogens is 2. The summed E-state index contributed by atoms with van der Waals surface area (Å²) in [7, 11) is 5.19. The fourth-order valence-corrected chi connectivity index (χ4v) is 4.02. The van der Waals surface area contributed by atoms with Crippen molar-refractivity contribution in [3.8, 4) is 11.5 Å². The van der Waals surface area contributed by atoms with E-state index in [-0.39, 0.29) is 11.8 Å². The highest BCUT2D eigenvalue weighted by Gasteiger charge is 2.34. The number of benzene rings is 2. The van der Waals surface area contributed by atoms with Crippen LogP contribution in [-0.4, -0.2) is 61.0 Å². The molecule has 8 heteroatoms. The van der Waals surface area contributed by atoms with E-state index in [0.717, 1.165) is 42.5 Å². The molecule has 2 aromatic carbocycles. The van der Waals surface area contributed by atoms with Gasteiger partial charge < -0.3 is 14.4 Å². The zero-order valence-electron chi connectivity index (χ0n) is 18.5. The minimum Gasteiger partial charge on any atom is -0.493 e. The van der Waals surface area contributed by atoms with Crippen LogP contribution in [0.15, 0.2) is 42.7 Å². The standard InChI is InChI=1S/C24H26N4O4/c1-27(22-18-13-20(31-2)21(32-3)14-19(18)25-15-26-22)11-7-4-8-12-28-23(29)16-9-5-6-10-17(16)24(28)30/h5-6,9-10,13-15H,4,7-8,11-12H2,1-3H3. The van der Waals surface area contributed by atoms with E-state index < -0.39 is 0 Å². The highest BCUT2D eigenvalue weighted by molar-refractivity contribution is 6.21. The minimum absolute atomic E-state index is 0.195. The number of hydrogen-bond acceptors (Lipinski definition) is 7. The van der Waals surface area contributed by atoms with E-state index in [2.05, 4.69) is 14.9 Å². The second-order valence-electron chi connectivity index (χ2n) is 7.71. The molecule has 2 amide bonds. The van der Waals surface area contributed by atoms with Crippen LogP contribution in [0.1, 0.15) is 40.0 Å². The van der Waals surface area contributed by atoms with E-state index in [4.69, 9.17) is 9.47 Å². The van der Waals surface area contributed by atoms with Crippen molar-refractivity contribution in [3.63, 3.8) is 0 Å². The van der Waals surface area contributed by atoms with Crippen LogP contribution in [0.3, 0.4) is 0 Å². The quantitative estimate of drug-likeness (QED) is 0.376. The van der Waals surface area contributed by atoms with Gasteiger partial charge in [-0.05, 0) is 37.5 Å². The van der Waals surface area contributed by atoms with Crippen molar-refractivity contribution in [2.75, 3.05) is 39.3 Å². The van der Waals surface area contributed by atoms with Gasteiger partial charge in [-0.25, -0.2) is 9.97 Å². The lowest BCUT2D eigenvalue weighted by molar-refractivity contribution is 0.0651. The Kier molecular flexibility index (Phi) is 6.20. The Morgan fingerprint density at radius 3 is 2.22 bits per heavy atom. The molecule has 0 aliphatic carbocycles. The van der Waals surface area contributed by atoms with Crippen molar-refractivity contribution < 1.29 is 19.1 Å². The number of carbonyl (C=O) groups excluding carboxylic acids is 2. The third kappa shape index (κ3) is 3.95. The van der Waals surface area contributed by atoms with Crippen molar-refractivity contribution >= 4 is 28.5 Å². The number of carbonyl (C=O) groups is 2. The van der Waals surface area contributed by atoms with Gasteiger partial charge in [0.25, 0.3) is 11.8 Å². The Hall–Kier alpha value is -3.68. The summed E-state index contributed by atoms with van der Waals surface area (Å²) in [6.07, 6.45) is 4.09. The summed E-state index contributed by atoms with van der Waals surface area (Å²) in [6.45, 7) is 1.21. The van der Waals surface area contributed by atoms with Crippen LogP contribution in [0.4, 0.5) is 5.82 Å². The summed E-state index contributed by atoms with van der Waals surface area (Å²) in [5.41, 5.74) is 1.78. The molecule has 0 N–H and O–H groups in total. The van der Waals surface area contributed by atoms with Gasteiger partial charge in [-0.15, -0.1) is 0 Å². The molecule has 32 heavy (non-hydrogen) atoms. The third-order valence-corrected chi connectivity index (χ3v) is 5.73. The van der Waals surface area contributed by atoms with Crippen molar-refractivity contribution in [2.24, 2.45) is 0 Å². The molecule has 0 atom stereocenters. The van der Waals surface area contributed by atoms with Crippen LogP contribution >= 0.6 is 0 Å². The van der Waals surface area contributed by atoms with E-state index in [1.54, 1.807) is 44.8 Å². The van der Waals surface area contributed by atoms with Gasteiger partial charge in [0.15, 0.2) is 11.5 Å². The van der Waals surface area contributed by atoms with Crippen LogP contribution in [-0.2, 0) is 0 Å². The SMILES string of the molecule is COc1cc2ncnc(N(C)CCCCCN3C(=O)c4ccccc4C3=O)c2cc1OC. The van der Waals surface area contributed by atoms with Crippen molar-refractivity contribution in [1.82, 2.24) is 14.9 Å². The molecule has 0 saturated carbocycles. The predicted molar refractivity (Wildman–Crippen MR) is 122 cm³/mol. The summed E-state index contributed by atoms with van der Waals surface area (Å²) in [6, 6.07) is 10.7. The Bertz CT molecular complexity index is 1130. The van der Waals surface area contributed by atoms with Gasteiger partial charge in [-0.3, -0.25) is 14.5 Å². The molecule has 0 radical (unpaired) electrons. The molecule has 1 aromatic heterocycles. The predicted octanol–water partition coefficient (Wildman–Crippen LogP) is 3.55. The van der Waals surface area contributed by atoms with Gasteiger partial charge in [0, 0.05) is 31.6 Å². The number of hydrogen-bond donors (Lipinski definition) is 0. The highest BCUT2D eigenvalue weighted by atomic mass is 16.5. The average molecular weight is 434 g/mol. The van der Waals surface area contributed by atoms with Gasteiger partial charge in [-0.2, -0.15) is 0 Å². The minimum atomic E-state index is -0.195. The van der Waals surface area contributed by atoms with E-state index in [9.17, 15) is 9.59 Å². The van der Waals surface area contributed by atoms with E-state index in [1.807, 2.05) is 19.2 Å². The van der Waals surface area contributed by atoms with Crippen LogP contribution in [0, 0.1) is 0 Å². The van der Waals surface area contributed by atoms with Gasteiger partial charge >= 0.3 is 0 Å². The molecule has 0 fully saturated rings. The van der Waals surface area contributed by atoms with Gasteiger partial charge in [0.1, 0.15) is 12.1 Å². The van der Waals surface area contributed by atoms with Gasteiger partial charge in [0.2, 0.25) is 0 Å². The fourth-order valence-electron chi connectivity index (χ4n) is 4.02. The van der Waals surface area contributed by atoms with Crippen molar-refractivity contribution in [2.45, 2.75) is 19.3 Å². The fraction of sp³-hybridized carbons (Fsp3) is 0.333. The first-order valence-corrected chi connectivity index (χ1v) is 10.6. The normalized spacial score (nSPS) is 12.9. The van der Waals surface area contributed by atoms with Crippen LogP contribution in [0.5, 0.6) is 11.5 Å². The number of fused-ring (bicyclic) bond motifs is 2. The lowest BCUT2D eigenvalue weighted by atomic mass is 10.1. The molecular weight excluding hydrogens is 408 g/mol. The molecule has 3 aromatic rings. The zero-order valence-corrected chi connectivity index (χ0v) is 18.5. The Morgan fingerprint density at radius 2 is 1.56 bits per heavy atom. The second kappa shape index (κ2) is 9.21. The van der Waals surface area contributed by atoms with Crippen molar-refractivity contribution in [1.29, 1.82) is 0 Å². The summed E-state index contributed by atoms with van der Waals surface area (Å²) >= 11 is 0. The first kappa shape index (κ1) is 21.5. The lowest BCUT2D eigenvalue weighted by Gasteiger charge is -2.20. The number of unbranched alkanes of at least 4 members (excludes halogenated alkanes) is 2. The number of nitrogens with zero attached hydrogens (tertiary/aromatic N) is 4. The molecule has 0 bridgehead atoms. The summed E-state index contributed by atoms with van der Waals surface area (Å²) in [4.78, 5) is 37.1. The average Bonchev–Trinajstić information content (AvgIpc) is 3.07. The monoisotopic (exact) mass is 434 g/mol. The lowest BCUT2D eigenvalue weighted by Crippen LogP contribution is -2.30.